The Labute approximate surface area is 108 Å². The molecule has 3 N–H and O–H groups in total. The first kappa shape index (κ1) is 14.7. The van der Waals surface area contributed by atoms with E-state index in [1.165, 1.54) is 11.1 Å². The molecule has 1 aromatic carbocycles. The number of hydrogen-bond donors (Lipinski definition) is 2. The molecule has 0 saturated heterocycles. The minimum Gasteiger partial charge on any atom is -0.481 e. The van der Waals surface area contributed by atoms with E-state index >= 15 is 0 Å². The van der Waals surface area contributed by atoms with Gasteiger partial charge in [-0.15, -0.1) is 0 Å². The van der Waals surface area contributed by atoms with Gasteiger partial charge in [0.1, 0.15) is 0 Å². The van der Waals surface area contributed by atoms with Gasteiger partial charge in [-0.3, -0.25) is 4.79 Å². The third-order valence-corrected chi connectivity index (χ3v) is 2.87. The lowest BCUT2D eigenvalue weighted by molar-refractivity contribution is -0.137. The monoisotopic (exact) mass is 250 g/mol. The molecule has 0 heterocycles. The number of likely N-dealkylation sites (N-methyl/N-ethyl adjacent to an activating group) is 1. The molecule has 18 heavy (non-hydrogen) atoms. The number of benzene rings is 1. The molecular formula is C14H22N2O2. The van der Waals surface area contributed by atoms with E-state index in [9.17, 15) is 4.79 Å². The Hall–Kier alpha value is -1.39. The van der Waals surface area contributed by atoms with Crippen LogP contribution in [0.3, 0.4) is 0 Å². The van der Waals surface area contributed by atoms with Crippen molar-refractivity contribution in [1.29, 1.82) is 0 Å². The molecule has 1 atom stereocenters. The van der Waals surface area contributed by atoms with Crippen LogP contribution in [-0.4, -0.2) is 35.6 Å². The van der Waals surface area contributed by atoms with E-state index in [0.717, 1.165) is 13.0 Å². The van der Waals surface area contributed by atoms with Crippen molar-refractivity contribution in [2.45, 2.75) is 32.4 Å². The van der Waals surface area contributed by atoms with Crippen molar-refractivity contribution in [3.05, 3.63) is 35.4 Å². The van der Waals surface area contributed by atoms with Gasteiger partial charge in [-0.1, -0.05) is 31.2 Å². The summed E-state index contributed by atoms with van der Waals surface area (Å²) in [5.41, 5.74) is 8.30. The third-order valence-electron chi connectivity index (χ3n) is 2.87. The first-order valence-electron chi connectivity index (χ1n) is 6.25. The fourth-order valence-electron chi connectivity index (χ4n) is 1.95. The Balaban J connectivity index is 2.43. The average Bonchev–Trinajstić information content (AvgIpc) is 2.28. The number of aryl methyl sites for hydroxylation is 1. The summed E-state index contributed by atoms with van der Waals surface area (Å²) in [5.74, 6) is -0.844. The van der Waals surface area contributed by atoms with E-state index in [4.69, 9.17) is 10.8 Å². The molecule has 0 aliphatic rings. The zero-order valence-corrected chi connectivity index (χ0v) is 11.1. The summed E-state index contributed by atoms with van der Waals surface area (Å²) in [5, 5.41) is 8.65. The Morgan fingerprint density at radius 1 is 1.33 bits per heavy atom. The second-order valence-corrected chi connectivity index (χ2v) is 4.72. The highest BCUT2D eigenvalue weighted by atomic mass is 16.4. The predicted octanol–water partition coefficient (Wildman–Crippen LogP) is 1.48. The highest BCUT2D eigenvalue weighted by molar-refractivity contribution is 5.67. The van der Waals surface area contributed by atoms with Crippen molar-refractivity contribution in [1.82, 2.24) is 4.90 Å². The van der Waals surface area contributed by atoms with Crippen LogP contribution in [0.15, 0.2) is 24.3 Å². The predicted molar refractivity (Wildman–Crippen MR) is 72.4 cm³/mol. The van der Waals surface area contributed by atoms with Crippen molar-refractivity contribution in [3.8, 4) is 0 Å². The maximum absolute atomic E-state index is 10.5. The lowest BCUT2D eigenvalue weighted by atomic mass is 10.1. The fourth-order valence-corrected chi connectivity index (χ4v) is 1.95. The number of nitrogens with two attached hydrogens (primary N) is 1. The fraction of sp³-hybridized carbons (Fsp3) is 0.500. The van der Waals surface area contributed by atoms with Gasteiger partial charge in [0.25, 0.3) is 0 Å². The molecule has 100 valence electrons. The minimum absolute atomic E-state index is 0.0130. The van der Waals surface area contributed by atoms with Crippen molar-refractivity contribution in [3.63, 3.8) is 0 Å². The molecule has 0 amide bonds. The van der Waals surface area contributed by atoms with Crippen molar-refractivity contribution in [2.24, 2.45) is 5.73 Å². The van der Waals surface area contributed by atoms with E-state index in [1.807, 2.05) is 7.05 Å². The summed E-state index contributed by atoms with van der Waals surface area (Å²) >= 11 is 0. The maximum atomic E-state index is 10.5. The average molecular weight is 250 g/mol. The number of aliphatic carboxylic acids is 1. The van der Waals surface area contributed by atoms with E-state index in [-0.39, 0.29) is 12.5 Å². The molecular weight excluding hydrogens is 228 g/mol. The van der Waals surface area contributed by atoms with Crippen LogP contribution in [0, 0.1) is 0 Å². The van der Waals surface area contributed by atoms with Crippen LogP contribution in [0.5, 0.6) is 0 Å². The summed E-state index contributed by atoms with van der Waals surface area (Å²) in [6.45, 7) is 3.51. The standard InChI is InChI=1S/C14H22N2O2/c1-3-11-4-6-12(7-5-11)9-16(2)10-13(15)8-14(17)18/h4-7,13H,3,8-10,15H2,1-2H3,(H,17,18). The number of hydrogen-bond acceptors (Lipinski definition) is 3. The van der Waals surface area contributed by atoms with Crippen LogP contribution in [0.4, 0.5) is 0 Å². The number of rotatable bonds is 7. The number of carbonyl (C=O) groups is 1. The van der Waals surface area contributed by atoms with Gasteiger partial charge in [0.2, 0.25) is 0 Å². The molecule has 0 bridgehead atoms. The summed E-state index contributed by atoms with van der Waals surface area (Å²) in [4.78, 5) is 12.6. The number of carboxylic acid groups (broad SMARTS) is 1. The zero-order chi connectivity index (χ0) is 13.5. The number of nitrogens with zero attached hydrogens (tertiary/aromatic N) is 1. The van der Waals surface area contributed by atoms with Crippen LogP contribution < -0.4 is 5.73 Å². The molecule has 0 aliphatic carbocycles. The van der Waals surface area contributed by atoms with E-state index in [0.29, 0.717) is 6.54 Å². The summed E-state index contributed by atoms with van der Waals surface area (Å²) in [6, 6.07) is 8.15. The van der Waals surface area contributed by atoms with Gasteiger partial charge in [-0.2, -0.15) is 0 Å². The SMILES string of the molecule is CCc1ccc(CN(C)CC(N)CC(=O)O)cc1. The van der Waals surface area contributed by atoms with E-state index in [2.05, 4.69) is 36.1 Å². The van der Waals surface area contributed by atoms with Gasteiger partial charge in [0, 0.05) is 19.1 Å². The van der Waals surface area contributed by atoms with E-state index < -0.39 is 5.97 Å². The Kier molecular flexibility index (Phi) is 5.82. The Morgan fingerprint density at radius 3 is 2.39 bits per heavy atom. The molecule has 1 unspecified atom stereocenters. The van der Waals surface area contributed by atoms with Gasteiger partial charge < -0.3 is 15.7 Å². The summed E-state index contributed by atoms with van der Waals surface area (Å²) < 4.78 is 0. The first-order valence-corrected chi connectivity index (χ1v) is 6.25. The van der Waals surface area contributed by atoms with Gasteiger partial charge in [-0.25, -0.2) is 0 Å². The van der Waals surface area contributed by atoms with Gasteiger partial charge in [0.05, 0.1) is 6.42 Å². The molecule has 4 heteroatoms. The van der Waals surface area contributed by atoms with Crippen LogP contribution in [0.25, 0.3) is 0 Å². The molecule has 1 aromatic rings. The topological polar surface area (TPSA) is 66.6 Å². The van der Waals surface area contributed by atoms with E-state index in [1.54, 1.807) is 0 Å². The molecule has 0 aromatic heterocycles. The largest absolute Gasteiger partial charge is 0.481 e. The van der Waals surface area contributed by atoms with Crippen molar-refractivity contribution >= 4 is 5.97 Å². The highest BCUT2D eigenvalue weighted by Crippen LogP contribution is 2.07. The highest BCUT2D eigenvalue weighted by Gasteiger charge is 2.11. The molecule has 1 rings (SSSR count). The third kappa shape index (κ3) is 5.29. The van der Waals surface area contributed by atoms with Crippen LogP contribution in [-0.2, 0) is 17.8 Å². The summed E-state index contributed by atoms with van der Waals surface area (Å²) in [7, 11) is 1.95. The number of carboxylic acids is 1. The Bertz CT molecular complexity index is 376. The minimum atomic E-state index is -0.844. The van der Waals surface area contributed by atoms with Crippen LogP contribution in [0.1, 0.15) is 24.5 Å². The molecule has 0 radical (unpaired) electrons. The van der Waals surface area contributed by atoms with Crippen LogP contribution >= 0.6 is 0 Å². The molecule has 0 fully saturated rings. The van der Waals surface area contributed by atoms with Gasteiger partial charge in [0.15, 0.2) is 0 Å². The first-order chi connectivity index (χ1) is 8.51. The lowest BCUT2D eigenvalue weighted by Gasteiger charge is -2.20. The zero-order valence-electron chi connectivity index (χ0n) is 11.1. The second kappa shape index (κ2) is 7.13. The van der Waals surface area contributed by atoms with Crippen molar-refractivity contribution < 1.29 is 9.90 Å². The smallest absolute Gasteiger partial charge is 0.304 e. The molecule has 0 saturated carbocycles. The molecule has 4 nitrogen and oxygen atoms in total. The van der Waals surface area contributed by atoms with Gasteiger partial charge in [-0.05, 0) is 24.6 Å². The Morgan fingerprint density at radius 2 is 1.89 bits per heavy atom. The quantitative estimate of drug-likeness (QED) is 0.769. The second-order valence-electron chi connectivity index (χ2n) is 4.72. The molecule has 0 aliphatic heterocycles. The van der Waals surface area contributed by atoms with Crippen LogP contribution in [0.2, 0.25) is 0 Å². The summed E-state index contributed by atoms with van der Waals surface area (Å²) in [6.07, 6.45) is 1.05. The normalized spacial score (nSPS) is 12.7. The maximum Gasteiger partial charge on any atom is 0.304 e. The van der Waals surface area contributed by atoms with Gasteiger partial charge >= 0.3 is 5.97 Å². The molecule has 0 spiro atoms. The van der Waals surface area contributed by atoms with Crippen molar-refractivity contribution in [2.75, 3.05) is 13.6 Å². The lowest BCUT2D eigenvalue weighted by Crippen LogP contribution is -2.36.